The highest BCUT2D eigenvalue weighted by atomic mass is 15.4. The lowest BCUT2D eigenvalue weighted by Gasteiger charge is -2.14. The summed E-state index contributed by atoms with van der Waals surface area (Å²) in [6.07, 6.45) is 7.64. The van der Waals surface area contributed by atoms with Gasteiger partial charge in [0, 0.05) is 41.9 Å². The summed E-state index contributed by atoms with van der Waals surface area (Å²) >= 11 is 0. The molecule has 0 aliphatic rings. The van der Waals surface area contributed by atoms with E-state index in [1.54, 1.807) is 0 Å². The minimum absolute atomic E-state index is 0.773. The van der Waals surface area contributed by atoms with E-state index < -0.39 is 0 Å². The molecule has 0 bridgehead atoms. The Labute approximate surface area is 311 Å². The van der Waals surface area contributed by atoms with E-state index in [2.05, 4.69) is 143 Å². The van der Waals surface area contributed by atoms with Crippen molar-refractivity contribution in [1.82, 2.24) is 38.7 Å². The Morgan fingerprint density at radius 2 is 0.926 bits per heavy atom. The number of hydrogen-bond donors (Lipinski definition) is 0. The highest BCUT2D eigenvalue weighted by Gasteiger charge is 2.27. The van der Waals surface area contributed by atoms with E-state index in [0.717, 1.165) is 95.6 Å². The molecule has 0 saturated carbocycles. The Kier molecular flexibility index (Phi) is 7.26. The van der Waals surface area contributed by atoms with Crippen LogP contribution in [-0.2, 0) is 0 Å². The third-order valence-electron chi connectivity index (χ3n) is 10.1. The van der Waals surface area contributed by atoms with Gasteiger partial charge in [0.05, 0.1) is 16.8 Å². The maximum Gasteiger partial charge on any atom is 0.237 e. The molecule has 10 rings (SSSR count). The maximum atomic E-state index is 5.28. The Hall–Kier alpha value is -7.26. The normalized spacial score (nSPS) is 11.6. The summed E-state index contributed by atoms with van der Waals surface area (Å²) in [6.45, 7) is 6.37. The number of pyridine rings is 3. The number of para-hydroxylation sites is 3. The summed E-state index contributed by atoms with van der Waals surface area (Å²) in [5.41, 5.74) is 13.2. The van der Waals surface area contributed by atoms with Gasteiger partial charge < -0.3 is 0 Å². The van der Waals surface area contributed by atoms with Gasteiger partial charge in [-0.1, -0.05) is 64.0 Å². The lowest BCUT2D eigenvalue weighted by molar-refractivity contribution is -0.672. The van der Waals surface area contributed by atoms with Crippen LogP contribution in [0.25, 0.3) is 78.9 Å². The van der Waals surface area contributed by atoms with Crippen LogP contribution in [0.5, 0.6) is 0 Å². The van der Waals surface area contributed by atoms with E-state index in [1.807, 2.05) is 48.9 Å². The summed E-state index contributed by atoms with van der Waals surface area (Å²) in [4.78, 5) is 25.1. The third-order valence-corrected chi connectivity index (χ3v) is 10.1. The minimum Gasteiger partial charge on any atom is -0.276 e. The van der Waals surface area contributed by atoms with Crippen LogP contribution in [0.4, 0.5) is 0 Å². The number of fused-ring (bicyclic) bond motifs is 3. The van der Waals surface area contributed by atoms with Crippen LogP contribution in [0, 0.1) is 20.8 Å². The van der Waals surface area contributed by atoms with Crippen molar-refractivity contribution >= 4 is 33.4 Å². The average molecular weight is 701 g/mol. The Morgan fingerprint density at radius 1 is 0.463 bits per heavy atom. The van der Waals surface area contributed by atoms with Crippen LogP contribution in [0.15, 0.2) is 152 Å². The smallest absolute Gasteiger partial charge is 0.237 e. The highest BCUT2D eigenvalue weighted by Crippen LogP contribution is 2.35. The molecule has 4 aromatic carbocycles. The zero-order valence-electron chi connectivity index (χ0n) is 30.0. The second-order valence-corrected chi connectivity index (χ2v) is 13.6. The maximum absolute atomic E-state index is 5.28. The van der Waals surface area contributed by atoms with Gasteiger partial charge in [0.15, 0.2) is 11.3 Å². The summed E-state index contributed by atoms with van der Waals surface area (Å²) < 4.78 is 8.71. The van der Waals surface area contributed by atoms with Crippen LogP contribution in [-0.4, -0.2) is 38.7 Å². The fourth-order valence-corrected chi connectivity index (χ4v) is 7.50. The molecule has 0 amide bonds. The topological polar surface area (TPSA) is 83.1 Å². The number of aromatic nitrogens is 9. The molecule has 0 aliphatic carbocycles. The number of nitrogens with zero attached hydrogens (tertiary/aromatic N) is 9. The van der Waals surface area contributed by atoms with E-state index in [-0.39, 0.29) is 0 Å². The number of rotatable bonds is 6. The second kappa shape index (κ2) is 12.5. The molecule has 54 heavy (non-hydrogen) atoms. The molecule has 0 atom stereocenters. The highest BCUT2D eigenvalue weighted by molar-refractivity contribution is 5.85. The quantitative estimate of drug-likeness (QED) is 0.162. The summed E-state index contributed by atoms with van der Waals surface area (Å²) in [5.74, 6) is 1.55. The number of hydrogen-bond acceptors (Lipinski definition) is 5. The first-order valence-corrected chi connectivity index (χ1v) is 17.9. The SMILES string of the molecule is Cc1ccccc1-n1c(-c2cc(-c3nc4cccnc4n3-c3ccccc3C)cc(-[n+]3cc4cccnc4n3-c3ccccc3C)c2)nc2cccnc21. The molecule has 0 spiro atoms. The van der Waals surface area contributed by atoms with E-state index >= 15 is 0 Å². The molecule has 9 nitrogen and oxygen atoms in total. The molecule has 0 unspecified atom stereocenters. The largest absolute Gasteiger partial charge is 0.276 e. The molecule has 0 saturated heterocycles. The van der Waals surface area contributed by atoms with Crippen molar-refractivity contribution in [3.63, 3.8) is 0 Å². The molecule has 6 aromatic heterocycles. The van der Waals surface area contributed by atoms with Gasteiger partial charge in [-0.2, -0.15) is 0 Å². The van der Waals surface area contributed by atoms with Crippen molar-refractivity contribution in [1.29, 1.82) is 0 Å². The molecule has 258 valence electrons. The van der Waals surface area contributed by atoms with Crippen molar-refractivity contribution in [3.8, 4) is 45.5 Å². The average Bonchev–Trinajstić information content (AvgIpc) is 3.91. The lowest BCUT2D eigenvalue weighted by atomic mass is 10.1. The van der Waals surface area contributed by atoms with Crippen LogP contribution in [0.2, 0.25) is 0 Å². The second-order valence-electron chi connectivity index (χ2n) is 13.6. The van der Waals surface area contributed by atoms with Gasteiger partial charge in [0.2, 0.25) is 17.5 Å². The molecular formula is C45H34N9+. The molecule has 0 N–H and O–H groups in total. The standard InChI is InChI=1S/C45H34N9/c1-29-13-4-7-19-38(29)52-42(49-36-17-11-23-47-44(36)52)33-25-34(43-50-37-18-12-24-48-45(37)53(43)39-20-8-5-14-30(39)2)27-35(26-33)51-28-32-16-10-22-46-41(32)54(51)40-21-9-6-15-31(40)3/h4-28H,1-3H3/q+1. The first kappa shape index (κ1) is 31.5. The van der Waals surface area contributed by atoms with Gasteiger partial charge in [-0.05, 0) is 98.1 Å². The van der Waals surface area contributed by atoms with E-state index in [1.165, 1.54) is 0 Å². The lowest BCUT2D eigenvalue weighted by Crippen LogP contribution is -2.39. The van der Waals surface area contributed by atoms with Gasteiger partial charge in [0.1, 0.15) is 28.4 Å². The third kappa shape index (κ3) is 5.01. The minimum atomic E-state index is 0.773. The van der Waals surface area contributed by atoms with E-state index in [4.69, 9.17) is 24.9 Å². The first-order chi connectivity index (χ1) is 26.5. The van der Waals surface area contributed by atoms with Crippen molar-refractivity contribution in [3.05, 3.63) is 169 Å². The summed E-state index contributed by atoms with van der Waals surface area (Å²) in [7, 11) is 0. The number of aryl methyl sites for hydroxylation is 3. The van der Waals surface area contributed by atoms with Crippen LogP contribution < -0.4 is 4.68 Å². The fourth-order valence-electron chi connectivity index (χ4n) is 7.50. The summed E-state index contributed by atoms with van der Waals surface area (Å²) in [6, 6.07) is 43.7. The Morgan fingerprint density at radius 3 is 1.44 bits per heavy atom. The molecule has 0 aliphatic heterocycles. The molecule has 10 aromatic rings. The zero-order chi connectivity index (χ0) is 36.3. The van der Waals surface area contributed by atoms with E-state index in [0.29, 0.717) is 0 Å². The predicted octanol–water partition coefficient (Wildman–Crippen LogP) is 9.03. The van der Waals surface area contributed by atoms with Crippen LogP contribution in [0.3, 0.4) is 0 Å². The van der Waals surface area contributed by atoms with Crippen molar-refractivity contribution < 1.29 is 4.68 Å². The molecule has 6 heterocycles. The summed E-state index contributed by atoms with van der Waals surface area (Å²) in [5, 5.41) is 1.01. The van der Waals surface area contributed by atoms with Crippen LogP contribution in [0.1, 0.15) is 16.7 Å². The van der Waals surface area contributed by atoms with Crippen molar-refractivity contribution in [2.75, 3.05) is 0 Å². The van der Waals surface area contributed by atoms with Gasteiger partial charge >= 0.3 is 0 Å². The van der Waals surface area contributed by atoms with Gasteiger partial charge in [-0.25, -0.2) is 24.9 Å². The fraction of sp³-hybridized carbons (Fsp3) is 0.0667. The first-order valence-electron chi connectivity index (χ1n) is 17.9. The molecule has 0 fully saturated rings. The van der Waals surface area contributed by atoms with Crippen molar-refractivity contribution in [2.24, 2.45) is 0 Å². The number of imidazole rings is 2. The van der Waals surface area contributed by atoms with Gasteiger partial charge in [-0.15, -0.1) is 0 Å². The van der Waals surface area contributed by atoms with Gasteiger partial charge in [0.25, 0.3) is 0 Å². The Balaban J connectivity index is 1.33. The van der Waals surface area contributed by atoms with Gasteiger partial charge in [-0.3, -0.25) is 9.13 Å². The zero-order valence-corrected chi connectivity index (χ0v) is 30.0. The monoisotopic (exact) mass is 700 g/mol. The number of benzene rings is 4. The Bertz CT molecular complexity index is 2720. The molecule has 9 heteroatoms. The molecule has 0 radical (unpaired) electrons. The van der Waals surface area contributed by atoms with Crippen LogP contribution >= 0.6 is 0 Å². The molecular weight excluding hydrogens is 667 g/mol. The van der Waals surface area contributed by atoms with Crippen molar-refractivity contribution in [2.45, 2.75) is 20.8 Å². The predicted molar refractivity (Wildman–Crippen MR) is 213 cm³/mol. The van der Waals surface area contributed by atoms with E-state index in [9.17, 15) is 0 Å².